The molecule has 1 aliphatic rings. The fourth-order valence-corrected chi connectivity index (χ4v) is 3.50. The summed E-state index contributed by atoms with van der Waals surface area (Å²) in [4.78, 5) is 23.1. The molecular formula is C20H30N8O. The first-order valence-corrected chi connectivity index (χ1v) is 10.1. The van der Waals surface area contributed by atoms with Crippen LogP contribution in [0.3, 0.4) is 0 Å². The molecule has 2 aromatic heterocycles. The van der Waals surface area contributed by atoms with Gasteiger partial charge >= 0.3 is 0 Å². The minimum absolute atomic E-state index is 0.125. The number of primary amides is 1. The summed E-state index contributed by atoms with van der Waals surface area (Å²) in [6.07, 6.45) is 5.33. The molecule has 1 saturated heterocycles. The number of rotatable bonds is 7. The van der Waals surface area contributed by atoms with Crippen molar-refractivity contribution in [1.29, 1.82) is 0 Å². The number of anilines is 1. The Morgan fingerprint density at radius 3 is 2.93 bits per heavy atom. The van der Waals surface area contributed by atoms with E-state index >= 15 is 0 Å². The van der Waals surface area contributed by atoms with E-state index in [4.69, 9.17) is 10.7 Å². The van der Waals surface area contributed by atoms with Gasteiger partial charge in [0.15, 0.2) is 5.96 Å². The summed E-state index contributed by atoms with van der Waals surface area (Å²) >= 11 is 0. The van der Waals surface area contributed by atoms with E-state index in [1.165, 1.54) is 0 Å². The standard InChI is InChI=1S/C20H30N8O/c1-3-22-20(25-13-17-8-10-26-27(17)2)24-12-15-6-4-9-23-19(15)28-11-5-7-16(14-28)18(21)29/h4,6,8-10,16H,3,5,7,11-14H2,1-2H3,(H2,21,29)(H2,22,24,25). The summed E-state index contributed by atoms with van der Waals surface area (Å²) in [5.74, 6) is 1.25. The summed E-state index contributed by atoms with van der Waals surface area (Å²) in [7, 11) is 1.92. The Morgan fingerprint density at radius 2 is 2.21 bits per heavy atom. The summed E-state index contributed by atoms with van der Waals surface area (Å²) in [6.45, 7) is 5.41. The monoisotopic (exact) mass is 398 g/mol. The highest BCUT2D eigenvalue weighted by atomic mass is 16.1. The van der Waals surface area contributed by atoms with Gasteiger partial charge in [-0.1, -0.05) is 6.07 Å². The van der Waals surface area contributed by atoms with Crippen LogP contribution in [0, 0.1) is 5.92 Å². The fraction of sp³-hybridized carbons (Fsp3) is 0.500. The Labute approximate surface area is 171 Å². The minimum atomic E-state index is -0.237. The normalized spacial score (nSPS) is 17.2. The summed E-state index contributed by atoms with van der Waals surface area (Å²) in [6, 6.07) is 5.92. The lowest BCUT2D eigenvalue weighted by Gasteiger charge is -2.33. The maximum Gasteiger partial charge on any atom is 0.222 e. The van der Waals surface area contributed by atoms with E-state index in [0.29, 0.717) is 19.6 Å². The van der Waals surface area contributed by atoms with Gasteiger partial charge in [0.25, 0.3) is 0 Å². The smallest absolute Gasteiger partial charge is 0.222 e. The molecule has 0 aliphatic carbocycles. The highest BCUT2D eigenvalue weighted by Crippen LogP contribution is 2.24. The Hall–Kier alpha value is -3.10. The van der Waals surface area contributed by atoms with Crippen molar-refractivity contribution in [2.75, 3.05) is 24.5 Å². The first-order chi connectivity index (χ1) is 14.1. The molecule has 0 aromatic carbocycles. The summed E-state index contributed by atoms with van der Waals surface area (Å²) in [5, 5.41) is 10.8. The zero-order valence-corrected chi connectivity index (χ0v) is 17.1. The van der Waals surface area contributed by atoms with Crippen molar-refractivity contribution in [2.24, 2.45) is 23.7 Å². The van der Waals surface area contributed by atoms with Crippen LogP contribution < -0.4 is 21.3 Å². The molecule has 0 bridgehead atoms. The lowest BCUT2D eigenvalue weighted by molar-refractivity contribution is -0.122. The van der Waals surface area contributed by atoms with Crippen molar-refractivity contribution < 1.29 is 4.79 Å². The molecule has 1 aliphatic heterocycles. The molecule has 9 heteroatoms. The largest absolute Gasteiger partial charge is 0.369 e. The molecule has 4 N–H and O–H groups in total. The molecule has 3 heterocycles. The second kappa shape index (κ2) is 9.90. The van der Waals surface area contributed by atoms with Crippen molar-refractivity contribution >= 4 is 17.7 Å². The van der Waals surface area contributed by atoms with Crippen molar-refractivity contribution in [1.82, 2.24) is 25.4 Å². The Bertz CT molecular complexity index is 847. The number of hydrogen-bond donors (Lipinski definition) is 3. The van der Waals surface area contributed by atoms with Gasteiger partial charge in [0, 0.05) is 44.6 Å². The predicted octanol–water partition coefficient (Wildman–Crippen LogP) is 0.772. The third-order valence-electron chi connectivity index (χ3n) is 5.10. The lowest BCUT2D eigenvalue weighted by atomic mass is 9.97. The van der Waals surface area contributed by atoms with Crippen molar-refractivity contribution in [3.8, 4) is 0 Å². The van der Waals surface area contributed by atoms with Gasteiger partial charge in [-0.05, 0) is 31.9 Å². The SMILES string of the molecule is CCNC(=NCc1cccnc1N1CCCC(C(N)=O)C1)NCc1ccnn1C. The van der Waals surface area contributed by atoms with Gasteiger partial charge in [-0.3, -0.25) is 9.48 Å². The number of amides is 1. The van der Waals surface area contributed by atoms with E-state index in [0.717, 1.165) is 49.0 Å². The fourth-order valence-electron chi connectivity index (χ4n) is 3.50. The number of nitrogens with two attached hydrogens (primary N) is 1. The van der Waals surface area contributed by atoms with E-state index in [9.17, 15) is 4.79 Å². The molecule has 0 radical (unpaired) electrons. The molecule has 156 valence electrons. The van der Waals surface area contributed by atoms with Gasteiger partial charge in [0.05, 0.1) is 24.7 Å². The van der Waals surface area contributed by atoms with E-state index in [1.807, 2.05) is 36.9 Å². The number of aliphatic imine (C=N–C) groups is 1. The second-order valence-corrected chi connectivity index (χ2v) is 7.17. The Kier molecular flexibility index (Phi) is 7.04. The number of guanidine groups is 1. The number of piperidine rings is 1. The zero-order valence-electron chi connectivity index (χ0n) is 17.1. The maximum absolute atomic E-state index is 11.6. The Balaban J connectivity index is 1.71. The molecule has 1 atom stereocenters. The van der Waals surface area contributed by atoms with Crippen LogP contribution in [0.25, 0.3) is 0 Å². The third kappa shape index (κ3) is 5.46. The van der Waals surface area contributed by atoms with Crippen LogP contribution in [-0.4, -0.2) is 46.3 Å². The van der Waals surface area contributed by atoms with Crippen LogP contribution in [0.5, 0.6) is 0 Å². The number of hydrogen-bond acceptors (Lipinski definition) is 5. The molecule has 9 nitrogen and oxygen atoms in total. The van der Waals surface area contributed by atoms with Crippen molar-refractivity contribution in [2.45, 2.75) is 32.9 Å². The first kappa shape index (κ1) is 20.6. The maximum atomic E-state index is 11.6. The Morgan fingerprint density at radius 1 is 1.34 bits per heavy atom. The molecule has 3 rings (SSSR count). The van der Waals surface area contributed by atoms with E-state index in [1.54, 1.807) is 12.4 Å². The first-order valence-electron chi connectivity index (χ1n) is 10.1. The molecule has 0 saturated carbocycles. The van der Waals surface area contributed by atoms with Crippen molar-refractivity contribution in [3.05, 3.63) is 41.9 Å². The zero-order chi connectivity index (χ0) is 20.6. The van der Waals surface area contributed by atoms with Gasteiger partial charge in [0.1, 0.15) is 5.82 Å². The summed E-state index contributed by atoms with van der Waals surface area (Å²) < 4.78 is 1.83. The number of nitrogens with zero attached hydrogens (tertiary/aromatic N) is 5. The van der Waals surface area contributed by atoms with Crippen LogP contribution in [0.4, 0.5) is 5.82 Å². The molecular weight excluding hydrogens is 368 g/mol. The molecule has 1 amide bonds. The van der Waals surface area contributed by atoms with Crippen LogP contribution >= 0.6 is 0 Å². The topological polar surface area (TPSA) is 113 Å². The molecule has 29 heavy (non-hydrogen) atoms. The molecule has 1 fully saturated rings. The quantitative estimate of drug-likeness (QED) is 0.469. The van der Waals surface area contributed by atoms with Gasteiger partial charge in [-0.2, -0.15) is 5.10 Å². The number of carbonyl (C=O) groups excluding carboxylic acids is 1. The molecule has 2 aromatic rings. The molecule has 0 spiro atoms. The third-order valence-corrected chi connectivity index (χ3v) is 5.10. The minimum Gasteiger partial charge on any atom is -0.369 e. The van der Waals surface area contributed by atoms with Gasteiger partial charge in [-0.25, -0.2) is 9.98 Å². The second-order valence-electron chi connectivity index (χ2n) is 7.17. The average Bonchev–Trinajstić information content (AvgIpc) is 3.15. The molecule has 1 unspecified atom stereocenters. The number of pyridine rings is 1. The van der Waals surface area contributed by atoms with E-state index in [-0.39, 0.29) is 11.8 Å². The van der Waals surface area contributed by atoms with Crippen LogP contribution in [0.15, 0.2) is 35.6 Å². The van der Waals surface area contributed by atoms with Crippen LogP contribution in [0.1, 0.15) is 31.0 Å². The van der Waals surface area contributed by atoms with Gasteiger partial charge in [0.2, 0.25) is 5.91 Å². The van der Waals surface area contributed by atoms with E-state index in [2.05, 4.69) is 25.6 Å². The predicted molar refractivity (Wildman–Crippen MR) is 113 cm³/mol. The van der Waals surface area contributed by atoms with Crippen LogP contribution in [0.2, 0.25) is 0 Å². The number of aromatic nitrogens is 3. The van der Waals surface area contributed by atoms with Crippen molar-refractivity contribution in [3.63, 3.8) is 0 Å². The van der Waals surface area contributed by atoms with E-state index < -0.39 is 0 Å². The van der Waals surface area contributed by atoms with Gasteiger partial charge in [-0.15, -0.1) is 0 Å². The summed E-state index contributed by atoms with van der Waals surface area (Å²) in [5.41, 5.74) is 7.63. The highest BCUT2D eigenvalue weighted by molar-refractivity contribution is 5.80. The number of aryl methyl sites for hydroxylation is 1. The van der Waals surface area contributed by atoms with Crippen LogP contribution in [-0.2, 0) is 24.9 Å². The number of nitrogens with one attached hydrogen (secondary N) is 2. The average molecular weight is 399 g/mol. The number of carbonyl (C=O) groups is 1. The van der Waals surface area contributed by atoms with Gasteiger partial charge < -0.3 is 21.3 Å². The highest BCUT2D eigenvalue weighted by Gasteiger charge is 2.25. The lowest BCUT2D eigenvalue weighted by Crippen LogP contribution is -2.42.